The molecule has 1 aliphatic heterocycles. The summed E-state index contributed by atoms with van der Waals surface area (Å²) in [5.41, 5.74) is -0.839. The molecule has 1 aromatic carbocycles. The van der Waals surface area contributed by atoms with Gasteiger partial charge in [-0.15, -0.1) is 10.2 Å². The van der Waals surface area contributed by atoms with Gasteiger partial charge in [-0.3, -0.25) is 9.20 Å². The summed E-state index contributed by atoms with van der Waals surface area (Å²) in [6.45, 7) is 0.591. The van der Waals surface area contributed by atoms with E-state index >= 15 is 0 Å². The van der Waals surface area contributed by atoms with Crippen molar-refractivity contribution in [3.63, 3.8) is 0 Å². The zero-order valence-corrected chi connectivity index (χ0v) is 17.7. The largest absolute Gasteiger partial charge is 0.486 e. The molecule has 12 heteroatoms. The van der Waals surface area contributed by atoms with Gasteiger partial charge in [0.25, 0.3) is 0 Å². The van der Waals surface area contributed by atoms with Crippen molar-refractivity contribution in [2.45, 2.75) is 17.4 Å². The average Bonchev–Trinajstić information content (AvgIpc) is 3.15. The number of ether oxygens (including phenoxy) is 2. The molecule has 0 saturated carbocycles. The number of thioether (sulfide) groups is 1. The highest BCUT2D eigenvalue weighted by molar-refractivity contribution is 7.99. The number of fused-ring (bicyclic) bond motifs is 2. The summed E-state index contributed by atoms with van der Waals surface area (Å²) in [6.07, 6.45) is -4.04. The predicted octanol–water partition coefficient (Wildman–Crippen LogP) is 3.79. The van der Waals surface area contributed by atoms with E-state index in [2.05, 4.69) is 10.2 Å². The van der Waals surface area contributed by atoms with Crippen molar-refractivity contribution >= 4 is 34.9 Å². The van der Waals surface area contributed by atoms with Crippen LogP contribution in [-0.2, 0) is 11.0 Å². The number of halogens is 4. The molecule has 1 atom stereocenters. The first-order chi connectivity index (χ1) is 14.7. The summed E-state index contributed by atoms with van der Waals surface area (Å²) in [5, 5.41) is 7.63. The summed E-state index contributed by atoms with van der Waals surface area (Å²) >= 11 is 6.88. The van der Waals surface area contributed by atoms with E-state index in [1.165, 1.54) is 4.90 Å². The Kier molecular flexibility index (Phi) is 5.89. The summed E-state index contributed by atoms with van der Waals surface area (Å²) in [6, 6.07) is 8.06. The van der Waals surface area contributed by atoms with Crippen molar-refractivity contribution in [2.75, 3.05) is 26.0 Å². The lowest BCUT2D eigenvalue weighted by Gasteiger charge is -2.29. The number of rotatable bonds is 5. The molecule has 1 amide bonds. The number of likely N-dealkylation sites (N-methyl/N-ethyl adjacent to an activating group) is 1. The Balaban J connectivity index is 1.39. The maximum absolute atomic E-state index is 13.1. The zero-order chi connectivity index (χ0) is 22.2. The Morgan fingerprint density at radius 2 is 2.06 bits per heavy atom. The number of carbonyl (C=O) groups is 1. The Bertz CT molecular complexity index is 1120. The van der Waals surface area contributed by atoms with Crippen LogP contribution in [0.4, 0.5) is 13.2 Å². The fraction of sp³-hybridized carbons (Fsp3) is 0.316. The molecule has 0 saturated heterocycles. The number of para-hydroxylation sites is 2. The van der Waals surface area contributed by atoms with Gasteiger partial charge in [0, 0.05) is 13.2 Å². The molecule has 3 aromatic rings. The minimum atomic E-state index is -4.57. The third kappa shape index (κ3) is 4.67. The van der Waals surface area contributed by atoms with Crippen LogP contribution in [0.15, 0.2) is 41.7 Å². The van der Waals surface area contributed by atoms with E-state index in [0.717, 1.165) is 28.4 Å². The third-order valence-corrected chi connectivity index (χ3v) is 5.76. The van der Waals surface area contributed by atoms with Crippen molar-refractivity contribution in [2.24, 2.45) is 0 Å². The first-order valence-electron chi connectivity index (χ1n) is 9.09. The molecule has 0 fully saturated rings. The number of amides is 1. The molecule has 1 aliphatic rings. The number of nitrogens with zero attached hydrogens (tertiary/aromatic N) is 4. The van der Waals surface area contributed by atoms with E-state index in [0.29, 0.717) is 24.7 Å². The lowest BCUT2D eigenvalue weighted by molar-refractivity contribution is -0.138. The molecule has 0 N–H and O–H groups in total. The predicted molar refractivity (Wildman–Crippen MR) is 108 cm³/mol. The van der Waals surface area contributed by atoms with Crippen molar-refractivity contribution in [1.29, 1.82) is 0 Å². The molecule has 4 rings (SSSR count). The van der Waals surface area contributed by atoms with Gasteiger partial charge in [0.1, 0.15) is 6.61 Å². The Morgan fingerprint density at radius 1 is 1.32 bits per heavy atom. The number of benzene rings is 1. The van der Waals surface area contributed by atoms with Crippen LogP contribution in [-0.4, -0.2) is 57.5 Å². The van der Waals surface area contributed by atoms with Crippen LogP contribution in [0.25, 0.3) is 5.65 Å². The molecule has 3 heterocycles. The Labute approximate surface area is 184 Å². The maximum atomic E-state index is 13.1. The number of aromatic nitrogens is 3. The van der Waals surface area contributed by atoms with Gasteiger partial charge < -0.3 is 14.4 Å². The van der Waals surface area contributed by atoms with Gasteiger partial charge in [-0.1, -0.05) is 35.5 Å². The zero-order valence-electron chi connectivity index (χ0n) is 16.1. The second-order valence-electron chi connectivity index (χ2n) is 6.81. The second kappa shape index (κ2) is 8.46. The molecule has 0 unspecified atom stereocenters. The normalized spacial score (nSPS) is 15.8. The Hall–Kier alpha value is -2.66. The quantitative estimate of drug-likeness (QED) is 0.526. The molecular formula is C19H16ClF3N4O3S. The highest BCUT2D eigenvalue weighted by Crippen LogP contribution is 2.33. The molecule has 0 bridgehead atoms. The van der Waals surface area contributed by atoms with Gasteiger partial charge >= 0.3 is 6.18 Å². The maximum Gasteiger partial charge on any atom is 0.417 e. The minimum absolute atomic E-state index is 0.0463. The standard InChI is InChI=1S/C19H16ClF3N4O3S/c1-26(8-12-9-29-14-4-2-3-5-15(14)30-12)16(28)10-31-18-25-24-17-13(20)6-11(7-27(17)18)19(21,22)23/h2-7,12H,8-10H2,1H3/t12-/m1/s1. The number of alkyl halides is 3. The van der Waals surface area contributed by atoms with Crippen molar-refractivity contribution in [1.82, 2.24) is 19.5 Å². The molecule has 2 aromatic heterocycles. The fourth-order valence-corrected chi connectivity index (χ4v) is 4.08. The SMILES string of the molecule is CN(C[C@@H]1COc2ccccc2O1)C(=O)CSc1nnc2c(Cl)cc(C(F)(F)F)cn12. The van der Waals surface area contributed by atoms with Crippen LogP contribution >= 0.6 is 23.4 Å². The fourth-order valence-electron chi connectivity index (χ4n) is 2.98. The van der Waals surface area contributed by atoms with E-state index in [1.54, 1.807) is 19.2 Å². The molecular weight excluding hydrogens is 457 g/mol. The number of hydrogen-bond acceptors (Lipinski definition) is 6. The van der Waals surface area contributed by atoms with E-state index in [-0.39, 0.29) is 33.6 Å². The Morgan fingerprint density at radius 3 is 2.81 bits per heavy atom. The van der Waals surface area contributed by atoms with Crippen molar-refractivity contribution in [3.8, 4) is 11.5 Å². The lowest BCUT2D eigenvalue weighted by Crippen LogP contribution is -2.42. The molecule has 0 spiro atoms. The first-order valence-corrected chi connectivity index (χ1v) is 10.5. The van der Waals surface area contributed by atoms with Crippen LogP contribution < -0.4 is 9.47 Å². The summed E-state index contributed by atoms with van der Waals surface area (Å²) in [4.78, 5) is 14.0. The molecule has 0 radical (unpaired) electrons. The third-order valence-electron chi connectivity index (χ3n) is 4.55. The van der Waals surface area contributed by atoms with Gasteiger partial charge in [-0.2, -0.15) is 13.2 Å². The molecule has 7 nitrogen and oxygen atoms in total. The number of pyridine rings is 1. The smallest absolute Gasteiger partial charge is 0.417 e. The number of carbonyl (C=O) groups excluding carboxylic acids is 1. The van der Waals surface area contributed by atoms with Gasteiger partial charge in [0.05, 0.1) is 22.9 Å². The van der Waals surface area contributed by atoms with Crippen LogP contribution in [0.5, 0.6) is 11.5 Å². The van der Waals surface area contributed by atoms with E-state index in [4.69, 9.17) is 21.1 Å². The monoisotopic (exact) mass is 472 g/mol. The molecule has 164 valence electrons. The topological polar surface area (TPSA) is 69.0 Å². The van der Waals surface area contributed by atoms with Crippen LogP contribution in [0, 0.1) is 0 Å². The van der Waals surface area contributed by atoms with Gasteiger partial charge in [0.15, 0.2) is 28.4 Å². The van der Waals surface area contributed by atoms with Crippen LogP contribution in [0.1, 0.15) is 5.56 Å². The first kappa shape index (κ1) is 21.6. The molecule has 31 heavy (non-hydrogen) atoms. The van der Waals surface area contributed by atoms with Crippen LogP contribution in [0.2, 0.25) is 5.02 Å². The van der Waals surface area contributed by atoms with E-state index in [1.807, 2.05) is 12.1 Å². The number of hydrogen-bond donors (Lipinski definition) is 0. The highest BCUT2D eigenvalue weighted by Gasteiger charge is 2.32. The van der Waals surface area contributed by atoms with E-state index < -0.39 is 11.7 Å². The highest BCUT2D eigenvalue weighted by atomic mass is 35.5. The van der Waals surface area contributed by atoms with E-state index in [9.17, 15) is 18.0 Å². The minimum Gasteiger partial charge on any atom is -0.486 e. The van der Waals surface area contributed by atoms with Crippen molar-refractivity contribution in [3.05, 3.63) is 47.1 Å². The molecule has 0 aliphatic carbocycles. The van der Waals surface area contributed by atoms with Crippen molar-refractivity contribution < 1.29 is 27.4 Å². The summed E-state index contributed by atoms with van der Waals surface area (Å²) in [5.74, 6) is 0.970. The second-order valence-corrected chi connectivity index (χ2v) is 8.16. The van der Waals surface area contributed by atoms with Gasteiger partial charge in [0.2, 0.25) is 5.91 Å². The lowest BCUT2D eigenvalue weighted by atomic mass is 10.2. The van der Waals surface area contributed by atoms with Gasteiger partial charge in [-0.25, -0.2) is 0 Å². The van der Waals surface area contributed by atoms with Gasteiger partial charge in [-0.05, 0) is 18.2 Å². The summed E-state index contributed by atoms with van der Waals surface area (Å²) < 4.78 is 51.8. The summed E-state index contributed by atoms with van der Waals surface area (Å²) in [7, 11) is 1.62. The van der Waals surface area contributed by atoms with Crippen LogP contribution in [0.3, 0.4) is 0 Å². The average molecular weight is 473 g/mol.